The third kappa shape index (κ3) is 4.11. The van der Waals surface area contributed by atoms with Crippen LogP contribution >= 0.6 is 0 Å². The van der Waals surface area contributed by atoms with Crippen molar-refractivity contribution in [2.24, 2.45) is 0 Å². The lowest BCUT2D eigenvalue weighted by atomic mass is 10.0. The molecule has 0 aliphatic rings. The van der Waals surface area contributed by atoms with Gasteiger partial charge in [-0.05, 0) is 29.7 Å². The first-order valence-corrected chi connectivity index (χ1v) is 9.93. The van der Waals surface area contributed by atoms with Gasteiger partial charge in [0.05, 0.1) is 18.4 Å². The van der Waals surface area contributed by atoms with Crippen LogP contribution in [-0.2, 0) is 6.54 Å². The molecule has 0 bridgehead atoms. The summed E-state index contributed by atoms with van der Waals surface area (Å²) in [5, 5.41) is 19.7. The van der Waals surface area contributed by atoms with E-state index in [4.69, 9.17) is 4.74 Å². The van der Waals surface area contributed by atoms with Gasteiger partial charge in [-0.15, -0.1) is 0 Å². The first-order chi connectivity index (χ1) is 14.5. The smallest absolute Gasteiger partial charge is 0.295 e. The molecular formula is C23H24N4O3. The highest BCUT2D eigenvalue weighted by Gasteiger charge is 2.14. The molecule has 1 atom stereocenters. The number of fused-ring (bicyclic) bond motifs is 1. The summed E-state index contributed by atoms with van der Waals surface area (Å²) in [6.07, 6.45) is 2.47. The first kappa shape index (κ1) is 19.8. The Morgan fingerprint density at radius 3 is 2.57 bits per heavy atom. The van der Waals surface area contributed by atoms with Crippen molar-refractivity contribution in [2.75, 3.05) is 6.61 Å². The van der Waals surface area contributed by atoms with Crippen molar-refractivity contribution < 1.29 is 9.84 Å². The highest BCUT2D eigenvalue weighted by molar-refractivity contribution is 5.76. The van der Waals surface area contributed by atoms with Gasteiger partial charge in [-0.1, -0.05) is 50.2 Å². The average Bonchev–Trinajstić information content (AvgIpc) is 3.20. The van der Waals surface area contributed by atoms with Crippen LogP contribution in [0.2, 0.25) is 0 Å². The number of hydrogen-bond donors (Lipinski definition) is 1. The second-order valence-electron chi connectivity index (χ2n) is 7.50. The molecule has 30 heavy (non-hydrogen) atoms. The molecule has 0 amide bonds. The second-order valence-corrected chi connectivity index (χ2v) is 7.50. The van der Waals surface area contributed by atoms with Gasteiger partial charge < -0.3 is 9.84 Å². The van der Waals surface area contributed by atoms with Gasteiger partial charge in [-0.25, -0.2) is 9.36 Å². The largest absolute Gasteiger partial charge is 0.491 e. The molecule has 0 spiro atoms. The van der Waals surface area contributed by atoms with Crippen molar-refractivity contribution in [3.8, 4) is 11.4 Å². The summed E-state index contributed by atoms with van der Waals surface area (Å²) in [5.41, 5.74) is 1.90. The van der Waals surface area contributed by atoms with E-state index >= 15 is 0 Å². The van der Waals surface area contributed by atoms with Crippen molar-refractivity contribution in [3.63, 3.8) is 0 Å². The standard InChI is InChI=1S/C23H24N4O3/c1-16(2)20-10-6-7-11-21(20)30-15-19(28)14-27-23(29)22-17(12-24-27)13-26(25-22)18-8-4-3-5-9-18/h3-13,16,19,28H,14-15H2,1-2H3. The third-order valence-electron chi connectivity index (χ3n) is 4.89. The second kappa shape index (κ2) is 8.51. The van der Waals surface area contributed by atoms with Gasteiger partial charge >= 0.3 is 0 Å². The van der Waals surface area contributed by atoms with Gasteiger partial charge in [0.25, 0.3) is 5.56 Å². The molecule has 0 saturated heterocycles. The average molecular weight is 404 g/mol. The summed E-state index contributed by atoms with van der Waals surface area (Å²) >= 11 is 0. The molecule has 0 fully saturated rings. The van der Waals surface area contributed by atoms with Crippen LogP contribution in [0.1, 0.15) is 25.3 Å². The lowest BCUT2D eigenvalue weighted by Crippen LogP contribution is -2.32. The Morgan fingerprint density at radius 2 is 1.80 bits per heavy atom. The fourth-order valence-corrected chi connectivity index (χ4v) is 3.32. The fourth-order valence-electron chi connectivity index (χ4n) is 3.32. The van der Waals surface area contributed by atoms with Crippen LogP contribution in [0.15, 0.2) is 71.8 Å². The minimum absolute atomic E-state index is 0.0246. The molecule has 4 rings (SSSR count). The maximum Gasteiger partial charge on any atom is 0.295 e. The molecule has 0 aliphatic carbocycles. The quantitative estimate of drug-likeness (QED) is 0.512. The van der Waals surface area contributed by atoms with Gasteiger partial charge in [0, 0.05) is 11.6 Å². The van der Waals surface area contributed by atoms with Crippen LogP contribution in [0.5, 0.6) is 5.75 Å². The Balaban J connectivity index is 1.50. The van der Waals surface area contributed by atoms with Crippen LogP contribution in [-0.4, -0.2) is 37.4 Å². The zero-order valence-corrected chi connectivity index (χ0v) is 17.0. The summed E-state index contributed by atoms with van der Waals surface area (Å²) in [5.74, 6) is 1.05. The number of aromatic nitrogens is 4. The van der Waals surface area contributed by atoms with E-state index < -0.39 is 6.10 Å². The summed E-state index contributed by atoms with van der Waals surface area (Å²) in [6.45, 7) is 4.27. The van der Waals surface area contributed by atoms with E-state index in [1.54, 1.807) is 17.1 Å². The Labute approximate surface area is 174 Å². The molecule has 4 aromatic rings. The summed E-state index contributed by atoms with van der Waals surface area (Å²) in [6, 6.07) is 17.3. The molecule has 7 heteroatoms. The van der Waals surface area contributed by atoms with E-state index in [2.05, 4.69) is 24.0 Å². The number of ether oxygens (including phenoxy) is 1. The number of aliphatic hydroxyl groups is 1. The lowest BCUT2D eigenvalue weighted by molar-refractivity contribution is 0.0875. The number of hydrogen-bond acceptors (Lipinski definition) is 5. The van der Waals surface area contributed by atoms with Crippen LogP contribution in [0.3, 0.4) is 0 Å². The Morgan fingerprint density at radius 1 is 1.07 bits per heavy atom. The van der Waals surface area contributed by atoms with Gasteiger partial charge in [-0.3, -0.25) is 4.79 Å². The molecule has 154 valence electrons. The topological polar surface area (TPSA) is 82.2 Å². The molecule has 2 aromatic carbocycles. The Kier molecular flexibility index (Phi) is 5.63. The Bertz CT molecular complexity index is 1200. The van der Waals surface area contributed by atoms with Crippen LogP contribution in [0.4, 0.5) is 0 Å². The maximum atomic E-state index is 12.8. The molecule has 0 radical (unpaired) electrons. The molecule has 2 aromatic heterocycles. The molecule has 0 aliphatic heterocycles. The van der Waals surface area contributed by atoms with E-state index in [-0.39, 0.29) is 18.7 Å². The monoisotopic (exact) mass is 404 g/mol. The van der Waals surface area contributed by atoms with E-state index in [1.807, 2.05) is 54.6 Å². The highest BCUT2D eigenvalue weighted by Crippen LogP contribution is 2.25. The normalized spacial score (nSPS) is 12.4. The first-order valence-electron chi connectivity index (χ1n) is 9.93. The molecular weight excluding hydrogens is 380 g/mol. The minimum atomic E-state index is -0.885. The number of benzene rings is 2. The molecule has 0 saturated carbocycles. The van der Waals surface area contributed by atoms with Crippen molar-refractivity contribution in [1.82, 2.24) is 19.6 Å². The fraction of sp³-hybridized carbons (Fsp3) is 0.261. The van der Waals surface area contributed by atoms with Crippen LogP contribution in [0, 0.1) is 0 Å². The van der Waals surface area contributed by atoms with E-state index in [9.17, 15) is 9.90 Å². The summed E-state index contributed by atoms with van der Waals surface area (Å²) in [4.78, 5) is 12.8. The van der Waals surface area contributed by atoms with Crippen LogP contribution < -0.4 is 10.3 Å². The number of para-hydroxylation sites is 2. The van der Waals surface area contributed by atoms with Crippen molar-refractivity contribution >= 4 is 10.9 Å². The predicted octanol–water partition coefficient (Wildman–Crippen LogP) is 3.15. The highest BCUT2D eigenvalue weighted by atomic mass is 16.5. The van der Waals surface area contributed by atoms with Gasteiger partial charge in [0.1, 0.15) is 18.5 Å². The summed E-state index contributed by atoms with van der Waals surface area (Å²) < 4.78 is 8.69. The minimum Gasteiger partial charge on any atom is -0.491 e. The lowest BCUT2D eigenvalue weighted by Gasteiger charge is -2.16. The van der Waals surface area contributed by atoms with Crippen molar-refractivity contribution in [3.05, 3.63) is 82.9 Å². The van der Waals surface area contributed by atoms with E-state index in [0.29, 0.717) is 16.8 Å². The van der Waals surface area contributed by atoms with E-state index in [0.717, 1.165) is 17.0 Å². The zero-order valence-electron chi connectivity index (χ0n) is 17.0. The third-order valence-corrected chi connectivity index (χ3v) is 4.89. The van der Waals surface area contributed by atoms with Crippen molar-refractivity contribution in [1.29, 1.82) is 0 Å². The summed E-state index contributed by atoms with van der Waals surface area (Å²) in [7, 11) is 0. The predicted molar refractivity (Wildman–Crippen MR) is 115 cm³/mol. The Hall–Kier alpha value is -3.45. The molecule has 2 heterocycles. The number of rotatable bonds is 7. The van der Waals surface area contributed by atoms with Gasteiger partial charge in [0.2, 0.25) is 0 Å². The van der Waals surface area contributed by atoms with Gasteiger partial charge in [0.15, 0.2) is 5.52 Å². The molecule has 1 unspecified atom stereocenters. The number of aliphatic hydroxyl groups excluding tert-OH is 1. The molecule has 1 N–H and O–H groups in total. The maximum absolute atomic E-state index is 12.8. The molecule has 7 nitrogen and oxygen atoms in total. The van der Waals surface area contributed by atoms with E-state index in [1.165, 1.54) is 4.68 Å². The number of nitrogens with zero attached hydrogens (tertiary/aromatic N) is 4. The SMILES string of the molecule is CC(C)c1ccccc1OCC(O)Cn1ncc2cn(-c3ccccc3)nc2c1=O. The van der Waals surface area contributed by atoms with Crippen LogP contribution in [0.25, 0.3) is 16.6 Å². The van der Waals surface area contributed by atoms with Gasteiger partial charge in [-0.2, -0.15) is 10.2 Å². The van der Waals surface area contributed by atoms with Crippen molar-refractivity contribution in [2.45, 2.75) is 32.4 Å². The zero-order chi connectivity index (χ0) is 21.1.